The molecule has 0 saturated heterocycles. The maximum absolute atomic E-state index is 11.0. The Hall–Kier alpha value is -2.90. The van der Waals surface area contributed by atoms with Crippen molar-refractivity contribution in [3.05, 3.63) is 70.4 Å². The van der Waals surface area contributed by atoms with Crippen LogP contribution in [-0.4, -0.2) is 39.8 Å². The van der Waals surface area contributed by atoms with Crippen molar-refractivity contribution >= 4 is 16.6 Å². The van der Waals surface area contributed by atoms with Crippen molar-refractivity contribution < 1.29 is 14.8 Å². The highest BCUT2D eigenvalue weighted by molar-refractivity contribution is 5.83. The Bertz CT molecular complexity index is 951. The van der Waals surface area contributed by atoms with E-state index in [9.17, 15) is 15.2 Å². The van der Waals surface area contributed by atoms with Gasteiger partial charge in [-0.3, -0.25) is 10.1 Å². The first-order chi connectivity index (χ1) is 13.4. The van der Waals surface area contributed by atoms with Gasteiger partial charge in [-0.25, -0.2) is 0 Å². The molecule has 3 rings (SSSR count). The van der Waals surface area contributed by atoms with Crippen molar-refractivity contribution in [3.63, 3.8) is 0 Å². The molecule has 28 heavy (non-hydrogen) atoms. The Morgan fingerprint density at radius 1 is 1.21 bits per heavy atom. The molecule has 0 aliphatic carbocycles. The summed E-state index contributed by atoms with van der Waals surface area (Å²) in [6.07, 6.45) is 2.01. The van der Waals surface area contributed by atoms with Gasteiger partial charge in [-0.15, -0.1) is 0 Å². The molecule has 7 heteroatoms. The molecule has 0 aliphatic rings. The predicted molar refractivity (Wildman–Crippen MR) is 109 cm³/mol. The molecule has 7 nitrogen and oxygen atoms in total. The molecular weight excluding hydrogens is 358 g/mol. The second-order valence-electron chi connectivity index (χ2n) is 7.49. The first-order valence-corrected chi connectivity index (χ1v) is 9.20. The van der Waals surface area contributed by atoms with E-state index < -0.39 is 11.0 Å². The van der Waals surface area contributed by atoms with E-state index in [1.165, 1.54) is 23.1 Å². The number of rotatable bonds is 9. The summed E-state index contributed by atoms with van der Waals surface area (Å²) < 4.78 is 5.45. The lowest BCUT2D eigenvalue weighted by Crippen LogP contribution is -2.46. The summed E-state index contributed by atoms with van der Waals surface area (Å²) in [4.78, 5) is 13.8. The van der Waals surface area contributed by atoms with Crippen molar-refractivity contribution in [3.8, 4) is 5.75 Å². The summed E-state index contributed by atoms with van der Waals surface area (Å²) in [6, 6.07) is 14.3. The average molecular weight is 383 g/mol. The number of β-amino-alcohol motifs (C(OH)–C–C–N with tert-alkyl or cyclic N) is 1. The molecule has 1 heterocycles. The van der Waals surface area contributed by atoms with Crippen molar-refractivity contribution in [1.82, 2.24) is 10.3 Å². The number of H-pyrrole nitrogens is 1. The number of nitro groups is 1. The van der Waals surface area contributed by atoms with Crippen LogP contribution in [0.25, 0.3) is 10.9 Å². The lowest BCUT2D eigenvalue weighted by molar-refractivity contribution is -0.385. The second kappa shape index (κ2) is 8.41. The second-order valence-corrected chi connectivity index (χ2v) is 7.49. The van der Waals surface area contributed by atoms with E-state index in [1.54, 1.807) is 12.1 Å². The SMILES string of the molecule is CC(C)(Cc1c[nH]c2ccccc12)NCC(O)COc1ccccc1[N+](=O)[O-]. The fraction of sp³-hybridized carbons (Fsp3) is 0.333. The van der Waals surface area contributed by atoms with Crippen molar-refractivity contribution in [2.45, 2.75) is 31.9 Å². The number of aromatic amines is 1. The van der Waals surface area contributed by atoms with Gasteiger partial charge in [0.2, 0.25) is 0 Å². The van der Waals surface area contributed by atoms with Gasteiger partial charge in [0, 0.05) is 35.2 Å². The zero-order chi connectivity index (χ0) is 20.1. The molecule has 1 unspecified atom stereocenters. The first-order valence-electron chi connectivity index (χ1n) is 9.20. The minimum Gasteiger partial charge on any atom is -0.484 e. The predicted octanol–water partition coefficient (Wildman–Crippen LogP) is 3.43. The summed E-state index contributed by atoms with van der Waals surface area (Å²) in [5.74, 6) is 0.157. The number of para-hydroxylation sites is 3. The van der Waals surface area contributed by atoms with Crippen LogP contribution in [0.4, 0.5) is 5.69 Å². The van der Waals surface area contributed by atoms with Crippen LogP contribution in [0.1, 0.15) is 19.4 Å². The Labute approximate surface area is 163 Å². The van der Waals surface area contributed by atoms with Gasteiger partial charge < -0.3 is 20.1 Å². The Kier molecular flexibility index (Phi) is 5.96. The molecule has 0 bridgehead atoms. The van der Waals surface area contributed by atoms with E-state index in [1.807, 2.05) is 24.4 Å². The van der Waals surface area contributed by atoms with E-state index in [2.05, 4.69) is 30.2 Å². The van der Waals surface area contributed by atoms with Crippen molar-refractivity contribution in [1.29, 1.82) is 0 Å². The molecule has 3 N–H and O–H groups in total. The molecule has 2 aromatic carbocycles. The number of aliphatic hydroxyl groups excluding tert-OH is 1. The van der Waals surface area contributed by atoms with Crippen LogP contribution in [0.2, 0.25) is 0 Å². The Morgan fingerprint density at radius 2 is 1.93 bits per heavy atom. The fourth-order valence-electron chi connectivity index (χ4n) is 3.19. The highest BCUT2D eigenvalue weighted by Crippen LogP contribution is 2.26. The zero-order valence-electron chi connectivity index (χ0n) is 16.0. The molecule has 0 fully saturated rings. The van der Waals surface area contributed by atoms with Gasteiger partial charge in [-0.2, -0.15) is 0 Å². The monoisotopic (exact) mass is 383 g/mol. The number of nitrogens with one attached hydrogen (secondary N) is 2. The zero-order valence-corrected chi connectivity index (χ0v) is 16.0. The van der Waals surface area contributed by atoms with Crippen molar-refractivity contribution in [2.24, 2.45) is 0 Å². The largest absolute Gasteiger partial charge is 0.484 e. The van der Waals surface area contributed by atoms with E-state index in [-0.39, 0.29) is 23.6 Å². The highest BCUT2D eigenvalue weighted by Gasteiger charge is 2.22. The minimum atomic E-state index is -0.790. The number of benzene rings is 2. The molecule has 0 aliphatic heterocycles. The Balaban J connectivity index is 1.53. The third-order valence-electron chi connectivity index (χ3n) is 4.62. The minimum absolute atomic E-state index is 0.0268. The van der Waals surface area contributed by atoms with Gasteiger partial charge >= 0.3 is 5.69 Å². The molecule has 148 valence electrons. The molecule has 0 spiro atoms. The molecule has 0 amide bonds. The quantitative estimate of drug-likeness (QED) is 0.388. The van der Waals surface area contributed by atoms with E-state index in [0.29, 0.717) is 6.54 Å². The van der Waals surface area contributed by atoms with Gasteiger partial charge in [-0.05, 0) is 38.0 Å². The summed E-state index contributed by atoms with van der Waals surface area (Å²) in [6.45, 7) is 4.44. The summed E-state index contributed by atoms with van der Waals surface area (Å²) in [5.41, 5.74) is 1.96. The normalized spacial score (nSPS) is 12.8. The van der Waals surface area contributed by atoms with Crippen LogP contribution in [0, 0.1) is 10.1 Å². The molecule has 1 atom stereocenters. The molecular formula is C21H25N3O4. The maximum atomic E-state index is 11.0. The summed E-state index contributed by atoms with van der Waals surface area (Å²) in [5, 5.41) is 25.8. The number of nitrogens with zero attached hydrogens (tertiary/aromatic N) is 1. The van der Waals surface area contributed by atoms with E-state index >= 15 is 0 Å². The maximum Gasteiger partial charge on any atom is 0.310 e. The number of fused-ring (bicyclic) bond motifs is 1. The summed E-state index contributed by atoms with van der Waals surface area (Å²) >= 11 is 0. The van der Waals surface area contributed by atoms with E-state index in [4.69, 9.17) is 4.74 Å². The van der Waals surface area contributed by atoms with Crippen LogP contribution in [-0.2, 0) is 6.42 Å². The lowest BCUT2D eigenvalue weighted by Gasteiger charge is -2.27. The Morgan fingerprint density at radius 3 is 2.71 bits per heavy atom. The third-order valence-corrected chi connectivity index (χ3v) is 4.62. The number of nitro benzene ring substituents is 1. The molecule has 3 aromatic rings. The van der Waals surface area contributed by atoms with Gasteiger partial charge in [0.25, 0.3) is 0 Å². The van der Waals surface area contributed by atoms with Gasteiger partial charge in [0.15, 0.2) is 5.75 Å². The molecule has 0 radical (unpaired) electrons. The number of hydrogen-bond acceptors (Lipinski definition) is 5. The average Bonchev–Trinajstić information content (AvgIpc) is 3.07. The summed E-state index contributed by atoms with van der Waals surface area (Å²) in [7, 11) is 0. The topological polar surface area (TPSA) is 100 Å². The lowest BCUT2D eigenvalue weighted by atomic mass is 9.94. The van der Waals surface area contributed by atoms with Crippen molar-refractivity contribution in [2.75, 3.05) is 13.2 Å². The van der Waals surface area contributed by atoms with Crippen LogP contribution < -0.4 is 10.1 Å². The van der Waals surface area contributed by atoms with E-state index in [0.717, 1.165) is 11.9 Å². The number of aliphatic hydroxyl groups is 1. The fourth-order valence-corrected chi connectivity index (χ4v) is 3.19. The van der Waals surface area contributed by atoms with Crippen LogP contribution in [0.15, 0.2) is 54.7 Å². The number of aromatic nitrogens is 1. The van der Waals surface area contributed by atoms with Crippen LogP contribution in [0.5, 0.6) is 5.75 Å². The first kappa shape index (κ1) is 19.9. The third kappa shape index (κ3) is 4.88. The van der Waals surface area contributed by atoms with Gasteiger partial charge in [0.05, 0.1) is 4.92 Å². The standard InChI is InChI=1S/C21H25N3O4/c1-21(2,11-15-12-22-18-8-4-3-7-17(15)18)23-13-16(25)14-28-20-10-6-5-9-19(20)24(26)27/h3-10,12,16,22-23,25H,11,13-14H2,1-2H3. The van der Waals surface area contributed by atoms with Gasteiger partial charge in [-0.1, -0.05) is 30.3 Å². The van der Waals surface area contributed by atoms with Crippen LogP contribution in [0.3, 0.4) is 0 Å². The van der Waals surface area contributed by atoms with Gasteiger partial charge in [0.1, 0.15) is 12.7 Å². The number of ether oxygens (including phenoxy) is 1. The molecule has 1 aromatic heterocycles. The number of hydrogen-bond donors (Lipinski definition) is 3. The smallest absolute Gasteiger partial charge is 0.310 e. The van der Waals surface area contributed by atoms with Crippen LogP contribution >= 0.6 is 0 Å². The highest BCUT2D eigenvalue weighted by atomic mass is 16.6. The molecule has 0 saturated carbocycles.